The van der Waals surface area contributed by atoms with Gasteiger partial charge in [-0.3, -0.25) is 0 Å². The Morgan fingerprint density at radius 3 is 2.56 bits per heavy atom. The predicted molar refractivity (Wildman–Crippen MR) is 127 cm³/mol. The predicted octanol–water partition coefficient (Wildman–Crippen LogP) is 6.55. The molecule has 0 saturated heterocycles. The summed E-state index contributed by atoms with van der Waals surface area (Å²) in [5.41, 5.74) is 3.17. The first-order chi connectivity index (χ1) is 16.4. The zero-order chi connectivity index (χ0) is 23.8. The van der Waals surface area contributed by atoms with E-state index in [0.29, 0.717) is 27.7 Å². The fraction of sp³-hybridized carbons (Fsp3) is 0.115. The van der Waals surface area contributed by atoms with Gasteiger partial charge in [-0.25, -0.2) is 13.6 Å². The molecule has 2 amide bonds. The Hall–Kier alpha value is -3.84. The maximum absolute atomic E-state index is 14.3. The van der Waals surface area contributed by atoms with Crippen molar-refractivity contribution in [2.75, 3.05) is 12.4 Å². The number of para-hydroxylation sites is 1. The lowest BCUT2D eigenvalue weighted by Gasteiger charge is -2.31. The Morgan fingerprint density at radius 1 is 1.03 bits per heavy atom. The molecule has 1 N–H and O–H groups in total. The maximum Gasteiger partial charge on any atom is 0.323 e. The number of methoxy groups -OCH3 is 1. The first-order valence-electron chi connectivity index (χ1n) is 10.6. The Bertz CT molecular complexity index is 1370. The molecule has 0 radical (unpaired) electrons. The highest BCUT2D eigenvalue weighted by atomic mass is 35.5. The van der Waals surface area contributed by atoms with Crippen LogP contribution in [0.25, 0.3) is 5.69 Å². The minimum atomic E-state index is -0.766. The van der Waals surface area contributed by atoms with Gasteiger partial charge in [0.2, 0.25) is 0 Å². The second-order valence-electron chi connectivity index (χ2n) is 7.94. The fourth-order valence-corrected chi connectivity index (χ4v) is 4.56. The van der Waals surface area contributed by atoms with Gasteiger partial charge in [0.1, 0.15) is 17.4 Å². The van der Waals surface area contributed by atoms with Crippen molar-refractivity contribution in [1.29, 1.82) is 0 Å². The number of hydrogen-bond donors (Lipinski definition) is 1. The number of anilines is 1. The summed E-state index contributed by atoms with van der Waals surface area (Å²) in [7, 11) is 1.49. The highest BCUT2D eigenvalue weighted by Crippen LogP contribution is 2.38. The van der Waals surface area contributed by atoms with E-state index in [0.717, 1.165) is 17.3 Å². The summed E-state index contributed by atoms with van der Waals surface area (Å²) in [5.74, 6) is -0.997. The van der Waals surface area contributed by atoms with Gasteiger partial charge in [-0.1, -0.05) is 29.8 Å². The van der Waals surface area contributed by atoms with Crippen molar-refractivity contribution in [3.63, 3.8) is 0 Å². The molecule has 0 fully saturated rings. The van der Waals surface area contributed by atoms with Gasteiger partial charge in [0.25, 0.3) is 0 Å². The molecule has 3 aromatic carbocycles. The average molecular weight is 480 g/mol. The molecule has 1 unspecified atom stereocenters. The number of urea groups is 1. The van der Waals surface area contributed by atoms with Crippen molar-refractivity contribution >= 4 is 23.3 Å². The molecule has 0 saturated carbocycles. The van der Waals surface area contributed by atoms with Crippen LogP contribution < -0.4 is 10.1 Å². The molecule has 2 heterocycles. The molecular formula is C26H20ClF2N3O2. The quantitative estimate of drug-likeness (QED) is 0.362. The van der Waals surface area contributed by atoms with E-state index in [-0.39, 0.29) is 6.54 Å². The van der Waals surface area contributed by atoms with Gasteiger partial charge in [0.15, 0.2) is 0 Å². The Labute approximate surface area is 200 Å². The van der Waals surface area contributed by atoms with Gasteiger partial charge in [0, 0.05) is 23.0 Å². The van der Waals surface area contributed by atoms with Crippen LogP contribution in [0.4, 0.5) is 19.3 Å². The maximum atomic E-state index is 14.3. The monoisotopic (exact) mass is 479 g/mol. The zero-order valence-electron chi connectivity index (χ0n) is 18.1. The van der Waals surface area contributed by atoms with E-state index in [2.05, 4.69) is 5.32 Å². The molecule has 172 valence electrons. The molecule has 1 aliphatic rings. The van der Waals surface area contributed by atoms with Crippen LogP contribution in [0, 0.1) is 11.6 Å². The van der Waals surface area contributed by atoms with Crippen LogP contribution in [0.3, 0.4) is 0 Å². The Balaban J connectivity index is 1.66. The summed E-state index contributed by atoms with van der Waals surface area (Å²) in [6.07, 6.45) is 1.87. The van der Waals surface area contributed by atoms with Crippen molar-refractivity contribution in [2.24, 2.45) is 0 Å². The summed E-state index contributed by atoms with van der Waals surface area (Å²) < 4.78 is 35.8. The van der Waals surface area contributed by atoms with Crippen molar-refractivity contribution in [1.82, 2.24) is 9.47 Å². The van der Waals surface area contributed by atoms with Crippen molar-refractivity contribution < 1.29 is 18.3 Å². The van der Waals surface area contributed by atoms with Crippen LogP contribution in [0.5, 0.6) is 5.75 Å². The van der Waals surface area contributed by atoms with E-state index < -0.39 is 23.7 Å². The first kappa shape index (κ1) is 22.0. The summed E-state index contributed by atoms with van der Waals surface area (Å²) >= 11 is 6.14. The highest BCUT2D eigenvalue weighted by Gasteiger charge is 2.34. The number of benzene rings is 3. The second-order valence-corrected chi connectivity index (χ2v) is 8.38. The van der Waals surface area contributed by atoms with E-state index in [4.69, 9.17) is 16.3 Å². The Morgan fingerprint density at radius 2 is 1.79 bits per heavy atom. The number of carbonyl (C=O) groups excluding carboxylic acids is 1. The van der Waals surface area contributed by atoms with Gasteiger partial charge in [-0.15, -0.1) is 0 Å². The van der Waals surface area contributed by atoms with Gasteiger partial charge >= 0.3 is 6.03 Å². The summed E-state index contributed by atoms with van der Waals surface area (Å²) in [4.78, 5) is 15.3. The summed E-state index contributed by atoms with van der Waals surface area (Å²) in [5, 5.41) is 3.29. The third kappa shape index (κ3) is 3.99. The lowest BCUT2D eigenvalue weighted by atomic mass is 10.0. The lowest BCUT2D eigenvalue weighted by molar-refractivity contribution is 0.194. The van der Waals surface area contributed by atoms with Crippen LogP contribution in [0.1, 0.15) is 22.9 Å². The molecule has 0 bridgehead atoms. The molecule has 0 aliphatic carbocycles. The molecule has 4 aromatic rings. The van der Waals surface area contributed by atoms with Gasteiger partial charge in [-0.05, 0) is 59.7 Å². The SMILES string of the molecule is COc1ccc(Cl)cc1NC(=O)N1Cc2ccccc2-n2cccc2C1c1cc(F)cc(F)c1. The van der Waals surface area contributed by atoms with Crippen LogP contribution in [0.2, 0.25) is 5.02 Å². The van der Waals surface area contributed by atoms with E-state index in [1.165, 1.54) is 19.2 Å². The normalized spacial score (nSPS) is 14.7. The molecule has 34 heavy (non-hydrogen) atoms. The average Bonchev–Trinajstić information content (AvgIpc) is 3.22. The standard InChI is InChI=1S/C26H20ClF2N3O2/c1-34-24-9-8-18(27)13-21(24)30-26(33)32-15-16-5-2-3-6-22(16)31-10-4-7-23(31)25(32)17-11-19(28)14-20(29)12-17/h2-14,25H,15H2,1H3,(H,30,33). The number of hydrogen-bond acceptors (Lipinski definition) is 2. The van der Waals surface area contributed by atoms with Crippen LogP contribution in [-0.2, 0) is 6.54 Å². The van der Waals surface area contributed by atoms with Gasteiger partial charge in [-0.2, -0.15) is 0 Å². The lowest BCUT2D eigenvalue weighted by Crippen LogP contribution is -2.38. The summed E-state index contributed by atoms with van der Waals surface area (Å²) in [6, 6.07) is 18.3. The van der Waals surface area contributed by atoms with Crippen LogP contribution >= 0.6 is 11.6 Å². The number of aromatic nitrogens is 1. The number of rotatable bonds is 3. The molecule has 1 atom stereocenters. The second kappa shape index (κ2) is 8.83. The molecular weight excluding hydrogens is 460 g/mol. The third-order valence-electron chi connectivity index (χ3n) is 5.83. The Kier molecular flexibility index (Phi) is 5.71. The molecule has 0 spiro atoms. The largest absolute Gasteiger partial charge is 0.495 e. The molecule has 5 rings (SSSR count). The zero-order valence-corrected chi connectivity index (χ0v) is 18.9. The minimum absolute atomic E-state index is 0.204. The molecule has 1 aromatic heterocycles. The van der Waals surface area contributed by atoms with Gasteiger partial charge in [0.05, 0.1) is 31.1 Å². The van der Waals surface area contributed by atoms with E-state index in [1.807, 2.05) is 47.2 Å². The number of nitrogens with zero attached hydrogens (tertiary/aromatic N) is 2. The number of nitrogens with one attached hydrogen (secondary N) is 1. The van der Waals surface area contributed by atoms with Crippen molar-refractivity contribution in [2.45, 2.75) is 12.6 Å². The first-order valence-corrected chi connectivity index (χ1v) is 10.9. The molecule has 5 nitrogen and oxygen atoms in total. The molecule has 8 heteroatoms. The van der Waals surface area contributed by atoms with Gasteiger partial charge < -0.3 is 19.5 Å². The molecule has 1 aliphatic heterocycles. The highest BCUT2D eigenvalue weighted by molar-refractivity contribution is 6.31. The van der Waals surface area contributed by atoms with E-state index in [1.54, 1.807) is 23.1 Å². The van der Waals surface area contributed by atoms with Crippen LogP contribution in [0.15, 0.2) is 79.0 Å². The number of halogens is 3. The number of carbonyl (C=O) groups is 1. The fourth-order valence-electron chi connectivity index (χ4n) is 4.39. The van der Waals surface area contributed by atoms with Crippen molar-refractivity contribution in [3.05, 3.63) is 112 Å². The topological polar surface area (TPSA) is 46.5 Å². The smallest absolute Gasteiger partial charge is 0.323 e. The number of ether oxygens (including phenoxy) is 1. The minimum Gasteiger partial charge on any atom is -0.495 e. The number of amides is 2. The van der Waals surface area contributed by atoms with E-state index in [9.17, 15) is 13.6 Å². The van der Waals surface area contributed by atoms with E-state index >= 15 is 0 Å². The number of fused-ring (bicyclic) bond motifs is 3. The van der Waals surface area contributed by atoms with Crippen LogP contribution in [-0.4, -0.2) is 22.6 Å². The van der Waals surface area contributed by atoms with Crippen molar-refractivity contribution in [3.8, 4) is 11.4 Å². The third-order valence-corrected chi connectivity index (χ3v) is 6.06. The summed E-state index contributed by atoms with van der Waals surface area (Å²) in [6.45, 7) is 0.204.